The first-order chi connectivity index (χ1) is 13.6. The number of hydrogen-bond donors (Lipinski definition) is 2. The summed E-state index contributed by atoms with van der Waals surface area (Å²) in [6, 6.07) is 13.0. The number of aromatic nitrogens is 2. The summed E-state index contributed by atoms with van der Waals surface area (Å²) in [5, 5.41) is 6.46. The lowest BCUT2D eigenvalue weighted by Crippen LogP contribution is -2.30. The van der Waals surface area contributed by atoms with E-state index in [1.54, 1.807) is 12.5 Å². The summed E-state index contributed by atoms with van der Waals surface area (Å²) in [5.41, 5.74) is 2.80. The number of carbonyl (C=O) groups excluding carboxylic acids is 1. The Labute approximate surface area is 169 Å². The van der Waals surface area contributed by atoms with Crippen LogP contribution in [0.2, 0.25) is 5.02 Å². The Morgan fingerprint density at radius 1 is 1.25 bits per heavy atom. The topological polar surface area (TPSA) is 68.2 Å². The van der Waals surface area contributed by atoms with Crippen LogP contribution in [-0.4, -0.2) is 28.7 Å². The standard InChI is InChI=1S/C21H23ClN4O2/c1-16-14-17(6-7-18(16)22)8-9-24-21(27)25-19-4-2-3-5-20(19)28-13-12-26-11-10-23-15-26/h2-7,10-11,14-15H,8-9,12-13H2,1H3,(H2,24,25,27). The molecule has 2 aromatic carbocycles. The number of nitrogens with zero attached hydrogens (tertiary/aromatic N) is 2. The molecule has 1 aromatic heterocycles. The van der Waals surface area contributed by atoms with Crippen molar-refractivity contribution in [3.63, 3.8) is 0 Å². The largest absolute Gasteiger partial charge is 0.490 e. The molecule has 0 unspecified atom stereocenters. The van der Waals surface area contributed by atoms with Gasteiger partial charge in [-0.25, -0.2) is 9.78 Å². The number of aryl methyl sites for hydroxylation is 1. The van der Waals surface area contributed by atoms with E-state index >= 15 is 0 Å². The number of hydrogen-bond acceptors (Lipinski definition) is 3. The quantitative estimate of drug-likeness (QED) is 0.594. The summed E-state index contributed by atoms with van der Waals surface area (Å²) in [7, 11) is 0. The highest BCUT2D eigenvalue weighted by atomic mass is 35.5. The Balaban J connectivity index is 1.47. The summed E-state index contributed by atoms with van der Waals surface area (Å²) in [6.45, 7) is 3.65. The van der Waals surface area contributed by atoms with E-state index in [0.717, 1.165) is 22.6 Å². The van der Waals surface area contributed by atoms with Crippen molar-refractivity contribution >= 4 is 23.3 Å². The van der Waals surface area contributed by atoms with Gasteiger partial charge in [0.25, 0.3) is 0 Å². The molecule has 3 rings (SSSR count). The minimum Gasteiger partial charge on any atom is -0.490 e. The number of amides is 2. The van der Waals surface area contributed by atoms with Crippen LogP contribution in [0.3, 0.4) is 0 Å². The molecule has 0 bridgehead atoms. The number of carbonyl (C=O) groups is 1. The first kappa shape index (κ1) is 19.8. The van der Waals surface area contributed by atoms with Crippen LogP contribution in [0.25, 0.3) is 0 Å². The molecular weight excluding hydrogens is 376 g/mol. The third-order valence-electron chi connectivity index (χ3n) is 4.22. The van der Waals surface area contributed by atoms with Gasteiger partial charge >= 0.3 is 6.03 Å². The lowest BCUT2D eigenvalue weighted by molar-refractivity contribution is 0.252. The normalized spacial score (nSPS) is 10.5. The number of rotatable bonds is 8. The van der Waals surface area contributed by atoms with Crippen LogP contribution in [0.4, 0.5) is 10.5 Å². The molecule has 3 aromatic rings. The second kappa shape index (κ2) is 9.80. The average molecular weight is 399 g/mol. The number of imidazole rings is 1. The molecule has 0 saturated heterocycles. The molecule has 0 atom stereocenters. The molecule has 0 spiro atoms. The third kappa shape index (κ3) is 5.76. The highest BCUT2D eigenvalue weighted by Crippen LogP contribution is 2.23. The minimum absolute atomic E-state index is 0.267. The van der Waals surface area contributed by atoms with Gasteiger partial charge in [-0.3, -0.25) is 0 Å². The molecule has 0 radical (unpaired) electrons. The molecule has 6 nitrogen and oxygen atoms in total. The summed E-state index contributed by atoms with van der Waals surface area (Å²) in [4.78, 5) is 16.2. The Bertz CT molecular complexity index is 913. The summed E-state index contributed by atoms with van der Waals surface area (Å²) >= 11 is 6.04. The molecule has 0 aliphatic carbocycles. The number of urea groups is 1. The van der Waals surface area contributed by atoms with E-state index in [2.05, 4.69) is 15.6 Å². The molecule has 1 heterocycles. The monoisotopic (exact) mass is 398 g/mol. The van der Waals surface area contributed by atoms with Crippen molar-refractivity contribution < 1.29 is 9.53 Å². The van der Waals surface area contributed by atoms with Crippen molar-refractivity contribution in [1.29, 1.82) is 0 Å². The molecule has 2 N–H and O–H groups in total. The van der Waals surface area contributed by atoms with Gasteiger partial charge in [-0.15, -0.1) is 0 Å². The average Bonchev–Trinajstić information content (AvgIpc) is 3.19. The minimum atomic E-state index is -0.267. The van der Waals surface area contributed by atoms with Crippen LogP contribution in [-0.2, 0) is 13.0 Å². The zero-order valence-electron chi connectivity index (χ0n) is 15.7. The lowest BCUT2D eigenvalue weighted by Gasteiger charge is -2.13. The lowest BCUT2D eigenvalue weighted by atomic mass is 10.1. The van der Waals surface area contributed by atoms with Crippen molar-refractivity contribution in [3.05, 3.63) is 77.3 Å². The van der Waals surface area contributed by atoms with E-state index < -0.39 is 0 Å². The number of nitrogens with one attached hydrogen (secondary N) is 2. The van der Waals surface area contributed by atoms with E-state index in [1.165, 1.54) is 0 Å². The molecule has 146 valence electrons. The third-order valence-corrected chi connectivity index (χ3v) is 4.65. The maximum absolute atomic E-state index is 12.2. The second-order valence-corrected chi connectivity index (χ2v) is 6.77. The molecule has 0 saturated carbocycles. The Morgan fingerprint density at radius 3 is 2.89 bits per heavy atom. The van der Waals surface area contributed by atoms with E-state index in [4.69, 9.17) is 16.3 Å². The Hall–Kier alpha value is -2.99. The van der Waals surface area contributed by atoms with Gasteiger partial charge in [0.1, 0.15) is 12.4 Å². The molecule has 28 heavy (non-hydrogen) atoms. The van der Waals surface area contributed by atoms with Crippen LogP contribution in [0, 0.1) is 6.92 Å². The van der Waals surface area contributed by atoms with E-state index in [9.17, 15) is 4.79 Å². The SMILES string of the molecule is Cc1cc(CCNC(=O)Nc2ccccc2OCCn2ccnc2)ccc1Cl. The van der Waals surface area contributed by atoms with Crippen molar-refractivity contribution in [1.82, 2.24) is 14.9 Å². The van der Waals surface area contributed by atoms with Gasteiger partial charge in [0, 0.05) is 24.0 Å². The predicted molar refractivity (Wildman–Crippen MR) is 111 cm³/mol. The van der Waals surface area contributed by atoms with Gasteiger partial charge in [0.15, 0.2) is 0 Å². The summed E-state index contributed by atoms with van der Waals surface area (Å²) in [6.07, 6.45) is 6.08. The fraction of sp³-hybridized carbons (Fsp3) is 0.238. The molecule has 0 aliphatic heterocycles. The highest BCUT2D eigenvalue weighted by molar-refractivity contribution is 6.31. The first-order valence-corrected chi connectivity index (χ1v) is 9.47. The Morgan fingerprint density at radius 2 is 2.11 bits per heavy atom. The molecule has 7 heteroatoms. The van der Waals surface area contributed by atoms with Gasteiger partial charge in [-0.1, -0.05) is 35.9 Å². The summed E-state index contributed by atoms with van der Waals surface area (Å²) in [5.74, 6) is 0.631. The number of ether oxygens (including phenoxy) is 1. The maximum Gasteiger partial charge on any atom is 0.319 e. The molecule has 0 fully saturated rings. The Kier molecular flexibility index (Phi) is 6.92. The van der Waals surface area contributed by atoms with Crippen LogP contribution in [0.1, 0.15) is 11.1 Å². The van der Waals surface area contributed by atoms with E-state index in [0.29, 0.717) is 31.1 Å². The van der Waals surface area contributed by atoms with Crippen LogP contribution >= 0.6 is 11.6 Å². The van der Waals surface area contributed by atoms with Crippen LogP contribution in [0.15, 0.2) is 61.2 Å². The van der Waals surface area contributed by atoms with Crippen molar-refractivity contribution in [2.75, 3.05) is 18.5 Å². The zero-order valence-corrected chi connectivity index (χ0v) is 16.4. The van der Waals surface area contributed by atoms with Gasteiger partial charge in [0.2, 0.25) is 0 Å². The number of para-hydroxylation sites is 2. The van der Waals surface area contributed by atoms with Gasteiger partial charge in [0.05, 0.1) is 18.6 Å². The molecule has 2 amide bonds. The highest BCUT2D eigenvalue weighted by Gasteiger charge is 2.07. The smallest absolute Gasteiger partial charge is 0.319 e. The van der Waals surface area contributed by atoms with Crippen LogP contribution in [0.5, 0.6) is 5.75 Å². The van der Waals surface area contributed by atoms with E-state index in [-0.39, 0.29) is 6.03 Å². The fourth-order valence-electron chi connectivity index (χ4n) is 2.72. The first-order valence-electron chi connectivity index (χ1n) is 9.09. The van der Waals surface area contributed by atoms with Gasteiger partial charge in [-0.05, 0) is 42.7 Å². The number of halogens is 1. The van der Waals surface area contributed by atoms with E-state index in [1.807, 2.05) is 60.2 Å². The van der Waals surface area contributed by atoms with Crippen molar-refractivity contribution in [2.45, 2.75) is 19.9 Å². The number of benzene rings is 2. The fourth-order valence-corrected chi connectivity index (χ4v) is 2.84. The van der Waals surface area contributed by atoms with Gasteiger partial charge < -0.3 is 19.9 Å². The van der Waals surface area contributed by atoms with Crippen molar-refractivity contribution in [2.24, 2.45) is 0 Å². The zero-order chi connectivity index (χ0) is 19.8. The maximum atomic E-state index is 12.2. The molecular formula is C21H23ClN4O2. The van der Waals surface area contributed by atoms with Crippen molar-refractivity contribution in [3.8, 4) is 5.75 Å². The van der Waals surface area contributed by atoms with Crippen LogP contribution < -0.4 is 15.4 Å². The summed E-state index contributed by atoms with van der Waals surface area (Å²) < 4.78 is 7.74. The number of anilines is 1. The predicted octanol–water partition coefficient (Wildman–Crippen LogP) is 4.29. The molecule has 0 aliphatic rings. The second-order valence-electron chi connectivity index (χ2n) is 6.36. The van der Waals surface area contributed by atoms with Gasteiger partial charge in [-0.2, -0.15) is 0 Å².